The van der Waals surface area contributed by atoms with Crippen molar-refractivity contribution >= 4 is 56.9 Å². The molecule has 2 aromatic carbocycles. The number of para-hydroxylation sites is 1. The van der Waals surface area contributed by atoms with E-state index >= 15 is 0 Å². The Morgan fingerprint density at radius 2 is 1.91 bits per heavy atom. The Balaban J connectivity index is 1.42. The molecule has 3 N–H and O–H groups in total. The monoisotopic (exact) mass is 486 g/mol. The molecule has 0 saturated heterocycles. The van der Waals surface area contributed by atoms with Crippen molar-refractivity contribution in [2.24, 2.45) is 5.10 Å². The average molecular weight is 487 g/mol. The van der Waals surface area contributed by atoms with Crippen LogP contribution in [0.4, 0.5) is 11.4 Å². The van der Waals surface area contributed by atoms with Gasteiger partial charge in [0.25, 0.3) is 11.8 Å². The van der Waals surface area contributed by atoms with E-state index in [4.69, 9.17) is 0 Å². The van der Waals surface area contributed by atoms with Gasteiger partial charge in [0.2, 0.25) is 0 Å². The van der Waals surface area contributed by atoms with E-state index in [9.17, 15) is 9.59 Å². The quantitative estimate of drug-likeness (QED) is 0.368. The van der Waals surface area contributed by atoms with E-state index in [2.05, 4.69) is 34.2 Å². The first kappa shape index (κ1) is 22.2. The molecule has 0 fully saturated rings. The van der Waals surface area contributed by atoms with Gasteiger partial charge < -0.3 is 10.6 Å². The average Bonchev–Trinajstić information content (AvgIpc) is 3.51. The van der Waals surface area contributed by atoms with Crippen molar-refractivity contribution in [3.05, 3.63) is 93.8 Å². The molecule has 3 aromatic rings. The molecule has 0 saturated carbocycles. The van der Waals surface area contributed by atoms with Gasteiger partial charge in [0, 0.05) is 26.7 Å². The smallest absolute Gasteiger partial charge is 0.275 e. The van der Waals surface area contributed by atoms with Gasteiger partial charge in [-0.05, 0) is 54.3 Å². The molecule has 5 rings (SSSR count). The van der Waals surface area contributed by atoms with Gasteiger partial charge in [0.15, 0.2) is 0 Å². The number of carbonyl (C=O) groups excluding carboxylic acids is 2. The zero-order chi connectivity index (χ0) is 23.5. The van der Waals surface area contributed by atoms with Crippen LogP contribution in [0.3, 0.4) is 0 Å². The summed E-state index contributed by atoms with van der Waals surface area (Å²) in [6.45, 7) is 2.07. The number of hydrazone groups is 1. The van der Waals surface area contributed by atoms with E-state index in [0.29, 0.717) is 10.5 Å². The number of allylic oxidation sites excluding steroid dienone is 1. The number of hydrogen-bond acceptors (Lipinski definition) is 6. The number of thioether (sulfide) groups is 1. The Morgan fingerprint density at radius 1 is 1.09 bits per heavy atom. The van der Waals surface area contributed by atoms with Gasteiger partial charge in [-0.1, -0.05) is 49.4 Å². The fourth-order valence-corrected chi connectivity index (χ4v) is 5.42. The van der Waals surface area contributed by atoms with Gasteiger partial charge in [-0.2, -0.15) is 5.10 Å². The summed E-state index contributed by atoms with van der Waals surface area (Å²) in [7, 11) is 0. The van der Waals surface area contributed by atoms with E-state index in [-0.39, 0.29) is 11.8 Å². The van der Waals surface area contributed by atoms with Crippen LogP contribution in [0.25, 0.3) is 4.91 Å². The molecule has 0 bridgehead atoms. The SMILES string of the molecule is CCCC1=NNC(=O)C1=C1C=C(Sc2ccc(NC(=O)c3cccs3)cc2)c2ccccc2N1. The molecule has 0 unspecified atom stereocenters. The first-order valence-electron chi connectivity index (χ1n) is 10.9. The molecule has 2 amide bonds. The minimum atomic E-state index is -0.184. The molecule has 0 radical (unpaired) electrons. The van der Waals surface area contributed by atoms with Gasteiger partial charge in [0.1, 0.15) is 0 Å². The van der Waals surface area contributed by atoms with Crippen LogP contribution in [0.1, 0.15) is 35.0 Å². The van der Waals surface area contributed by atoms with E-state index in [0.717, 1.165) is 51.0 Å². The highest BCUT2D eigenvalue weighted by Crippen LogP contribution is 2.42. The minimum Gasteiger partial charge on any atom is -0.354 e. The van der Waals surface area contributed by atoms with Crippen LogP contribution in [0, 0.1) is 0 Å². The summed E-state index contributed by atoms with van der Waals surface area (Å²) < 4.78 is 0. The van der Waals surface area contributed by atoms with E-state index in [1.807, 2.05) is 60.0 Å². The third-order valence-corrected chi connectivity index (χ3v) is 7.32. The first-order chi connectivity index (χ1) is 16.6. The second kappa shape index (κ2) is 9.70. The van der Waals surface area contributed by atoms with Crippen LogP contribution in [0.5, 0.6) is 0 Å². The van der Waals surface area contributed by atoms with Crippen molar-refractivity contribution in [2.45, 2.75) is 24.7 Å². The van der Waals surface area contributed by atoms with Crippen LogP contribution >= 0.6 is 23.1 Å². The van der Waals surface area contributed by atoms with E-state index in [1.54, 1.807) is 17.8 Å². The molecule has 8 heteroatoms. The number of benzene rings is 2. The number of amides is 2. The lowest BCUT2D eigenvalue weighted by Gasteiger charge is -2.22. The molecule has 2 aliphatic rings. The second-order valence-corrected chi connectivity index (χ2v) is 9.84. The largest absolute Gasteiger partial charge is 0.354 e. The van der Waals surface area contributed by atoms with Crippen LogP contribution < -0.4 is 16.1 Å². The van der Waals surface area contributed by atoms with Crippen LogP contribution in [-0.4, -0.2) is 17.5 Å². The van der Waals surface area contributed by atoms with Crippen LogP contribution in [0.2, 0.25) is 0 Å². The molecule has 0 spiro atoms. The maximum absolute atomic E-state index is 12.6. The highest BCUT2D eigenvalue weighted by atomic mass is 32.2. The maximum Gasteiger partial charge on any atom is 0.275 e. The molecule has 34 heavy (non-hydrogen) atoms. The predicted octanol–water partition coefficient (Wildman–Crippen LogP) is 6.10. The van der Waals surface area contributed by atoms with Crippen molar-refractivity contribution in [1.29, 1.82) is 0 Å². The summed E-state index contributed by atoms with van der Waals surface area (Å²) in [5.41, 5.74) is 7.50. The zero-order valence-electron chi connectivity index (χ0n) is 18.4. The summed E-state index contributed by atoms with van der Waals surface area (Å²) in [4.78, 5) is 27.6. The zero-order valence-corrected chi connectivity index (χ0v) is 20.1. The molecule has 170 valence electrons. The molecule has 0 aliphatic carbocycles. The molecule has 3 heterocycles. The summed E-state index contributed by atoms with van der Waals surface area (Å²) in [6, 6.07) is 19.5. The lowest BCUT2D eigenvalue weighted by atomic mass is 10.0. The highest BCUT2D eigenvalue weighted by molar-refractivity contribution is 8.08. The Labute approximate surface area is 205 Å². The normalized spacial score (nSPS) is 16.8. The first-order valence-corrected chi connectivity index (χ1v) is 12.6. The van der Waals surface area contributed by atoms with Crippen LogP contribution in [0.15, 0.2) is 93.4 Å². The fourth-order valence-electron chi connectivity index (χ4n) is 3.81. The van der Waals surface area contributed by atoms with Gasteiger partial charge >= 0.3 is 0 Å². The van der Waals surface area contributed by atoms with Gasteiger partial charge in [-0.3, -0.25) is 9.59 Å². The number of thiophene rings is 1. The van der Waals surface area contributed by atoms with Gasteiger partial charge in [-0.15, -0.1) is 11.3 Å². The topological polar surface area (TPSA) is 82.6 Å². The fraction of sp³-hybridized carbons (Fsp3) is 0.115. The molecular weight excluding hydrogens is 464 g/mol. The van der Waals surface area contributed by atoms with Gasteiger partial charge in [-0.25, -0.2) is 5.43 Å². The third-order valence-electron chi connectivity index (χ3n) is 5.39. The number of nitrogens with one attached hydrogen (secondary N) is 3. The van der Waals surface area contributed by atoms with Crippen LogP contribution in [-0.2, 0) is 4.79 Å². The maximum atomic E-state index is 12.6. The van der Waals surface area contributed by atoms with Crippen molar-refractivity contribution in [2.75, 3.05) is 10.6 Å². The highest BCUT2D eigenvalue weighted by Gasteiger charge is 2.28. The number of rotatable bonds is 6. The second-order valence-electron chi connectivity index (χ2n) is 7.78. The number of carbonyl (C=O) groups is 2. The standard InChI is InChI=1S/C26H22N4O2S2/c1-2-6-20-24(26(32)30-29-20)21-15-23(18-7-3-4-8-19(18)28-21)34-17-12-10-16(11-13-17)27-25(31)22-9-5-14-33-22/h3-5,7-15,28H,2,6H2,1H3,(H,27,31)(H,30,32). The van der Waals surface area contributed by atoms with Crippen molar-refractivity contribution in [3.8, 4) is 0 Å². The summed E-state index contributed by atoms with van der Waals surface area (Å²) in [5.74, 6) is -0.294. The molecule has 6 nitrogen and oxygen atoms in total. The summed E-state index contributed by atoms with van der Waals surface area (Å²) in [6.07, 6.45) is 3.66. The molecule has 1 aromatic heterocycles. The molecule has 2 aliphatic heterocycles. The predicted molar refractivity (Wildman–Crippen MR) is 140 cm³/mol. The number of anilines is 2. The number of hydrogen-bond donors (Lipinski definition) is 3. The van der Waals surface area contributed by atoms with Crippen molar-refractivity contribution < 1.29 is 9.59 Å². The van der Waals surface area contributed by atoms with Crippen molar-refractivity contribution in [1.82, 2.24) is 5.43 Å². The van der Waals surface area contributed by atoms with Gasteiger partial charge in [0.05, 0.1) is 21.9 Å². The Morgan fingerprint density at radius 3 is 2.68 bits per heavy atom. The Bertz CT molecular complexity index is 1340. The summed E-state index contributed by atoms with van der Waals surface area (Å²) >= 11 is 3.03. The molecule has 0 atom stereocenters. The van der Waals surface area contributed by atoms with E-state index < -0.39 is 0 Å². The van der Waals surface area contributed by atoms with Crippen molar-refractivity contribution in [3.63, 3.8) is 0 Å². The Hall–Kier alpha value is -3.62. The summed E-state index contributed by atoms with van der Waals surface area (Å²) in [5, 5.41) is 12.5. The Kier molecular flexibility index (Phi) is 6.33. The third kappa shape index (κ3) is 4.55. The lowest BCUT2D eigenvalue weighted by Crippen LogP contribution is -2.19. The van der Waals surface area contributed by atoms with E-state index in [1.165, 1.54) is 11.3 Å². The number of fused-ring (bicyclic) bond motifs is 1. The minimum absolute atomic E-state index is 0.110. The lowest BCUT2D eigenvalue weighted by molar-refractivity contribution is -0.116. The number of nitrogens with zero attached hydrogens (tertiary/aromatic N) is 1. The molecular formula is C26H22N4O2S2.